The fourth-order valence-corrected chi connectivity index (χ4v) is 7.30. The maximum atomic E-state index is 4.26. The molecule has 4 heteroatoms. The topological polar surface area (TPSA) is 14.8 Å². The first-order chi connectivity index (χ1) is 29.9. The summed E-state index contributed by atoms with van der Waals surface area (Å²) in [5, 5.41) is 3.55. The quantitative estimate of drug-likeness (QED) is 0.104. The number of hydrogen-bond acceptors (Lipinski definition) is 1. The van der Waals surface area contributed by atoms with Gasteiger partial charge in [-0.05, 0) is 120 Å². The number of thiol groups is 1. The molecule has 0 spiro atoms. The van der Waals surface area contributed by atoms with Crippen LogP contribution in [0.3, 0.4) is 0 Å². The van der Waals surface area contributed by atoms with Gasteiger partial charge in [0.05, 0.1) is 33.6 Å². The van der Waals surface area contributed by atoms with Gasteiger partial charge in [-0.15, -0.1) is 0 Å². The van der Waals surface area contributed by atoms with Crippen LogP contribution in [0.4, 0.5) is 0 Å². The first kappa shape index (κ1) is 55.6. The molecular weight excluding hydrogens is 759 g/mol. The van der Waals surface area contributed by atoms with Crippen LogP contribution in [-0.4, -0.2) is 20.0 Å². The van der Waals surface area contributed by atoms with Gasteiger partial charge in [0.25, 0.3) is 0 Å². The second-order valence-electron chi connectivity index (χ2n) is 12.2. The van der Waals surface area contributed by atoms with E-state index in [1.165, 1.54) is 32.8 Å². The molecule has 3 heterocycles. The van der Waals surface area contributed by atoms with Gasteiger partial charge in [-0.3, -0.25) is 0 Å². The summed E-state index contributed by atoms with van der Waals surface area (Å²) < 4.78 is 7.00. The minimum absolute atomic E-state index is 1.04. The Morgan fingerprint density at radius 3 is 1.28 bits per heavy atom. The minimum Gasteiger partial charge on any atom is -0.310 e. The summed E-state index contributed by atoms with van der Waals surface area (Å²) in [6.07, 6.45) is 26.8. The van der Waals surface area contributed by atoms with E-state index in [0.717, 1.165) is 56.3 Å². The van der Waals surface area contributed by atoms with E-state index in [-0.39, 0.29) is 0 Å². The van der Waals surface area contributed by atoms with Gasteiger partial charge >= 0.3 is 0 Å². The molecule has 0 radical (unpaired) electrons. The molecule has 0 unspecified atom stereocenters. The van der Waals surface area contributed by atoms with Crippen LogP contribution in [0.25, 0.3) is 86.2 Å². The lowest BCUT2D eigenvalue weighted by atomic mass is 10.1. The Balaban J connectivity index is 0.00000276. The fraction of sp³-hybridized carbons (Fsp3) is 0.298. The largest absolute Gasteiger partial charge is 0.310 e. The summed E-state index contributed by atoms with van der Waals surface area (Å²) >= 11 is 3.53. The number of rotatable bonds is 10. The SMILES string of the molecule is C=Cc1c(/C=C\C)c(/C=C\C)c(C=C)n1-c1ccc2c(c1)c1cc(-n3c(C=C)c(/C=C\C)c4ccc(C)cc43)ccc1n2C(/C=C\C)=C/C.CC.CC.CC.CC.CC.CS. The van der Waals surface area contributed by atoms with E-state index >= 15 is 0 Å². The van der Waals surface area contributed by atoms with Crippen LogP contribution in [0.2, 0.25) is 0 Å². The monoisotopic (exact) mass is 838 g/mol. The Morgan fingerprint density at radius 1 is 0.475 bits per heavy atom. The van der Waals surface area contributed by atoms with Gasteiger partial charge in [0.1, 0.15) is 0 Å². The molecule has 6 rings (SSSR count). The second kappa shape index (κ2) is 29.7. The van der Waals surface area contributed by atoms with Gasteiger partial charge < -0.3 is 13.7 Å². The van der Waals surface area contributed by atoms with E-state index < -0.39 is 0 Å². The summed E-state index contributed by atoms with van der Waals surface area (Å²) in [5.74, 6) is 0. The Morgan fingerprint density at radius 2 is 0.885 bits per heavy atom. The average Bonchev–Trinajstić information content (AvgIpc) is 3.93. The highest BCUT2D eigenvalue weighted by Gasteiger charge is 2.21. The van der Waals surface area contributed by atoms with Crippen LogP contribution < -0.4 is 0 Å². The van der Waals surface area contributed by atoms with Crippen molar-refractivity contribution in [1.82, 2.24) is 13.7 Å². The molecule has 61 heavy (non-hydrogen) atoms. The molecule has 0 aliphatic rings. The third-order valence-electron chi connectivity index (χ3n) is 9.25. The van der Waals surface area contributed by atoms with E-state index in [4.69, 9.17) is 0 Å². The Labute approximate surface area is 378 Å². The molecule has 0 fully saturated rings. The molecule has 3 aromatic heterocycles. The minimum atomic E-state index is 1.04. The smallest absolute Gasteiger partial charge is 0.0543 e. The van der Waals surface area contributed by atoms with Crippen LogP contribution in [0.5, 0.6) is 0 Å². The van der Waals surface area contributed by atoms with E-state index in [0.29, 0.717) is 0 Å². The molecule has 0 bridgehead atoms. The molecule has 0 saturated carbocycles. The van der Waals surface area contributed by atoms with Crippen LogP contribution >= 0.6 is 12.6 Å². The molecule has 3 aromatic carbocycles. The van der Waals surface area contributed by atoms with Crippen molar-refractivity contribution in [3.63, 3.8) is 0 Å². The second-order valence-corrected chi connectivity index (χ2v) is 12.2. The molecule has 3 nitrogen and oxygen atoms in total. The molecule has 0 aliphatic heterocycles. The lowest BCUT2D eigenvalue weighted by Gasteiger charge is -2.12. The van der Waals surface area contributed by atoms with Crippen molar-refractivity contribution in [2.24, 2.45) is 0 Å². The van der Waals surface area contributed by atoms with Crippen LogP contribution in [0.1, 0.15) is 143 Å². The lowest BCUT2D eigenvalue weighted by molar-refractivity contribution is 1.05. The molecule has 0 atom stereocenters. The highest BCUT2D eigenvalue weighted by atomic mass is 32.1. The zero-order chi connectivity index (χ0) is 46.8. The number of allylic oxidation sites excluding steroid dienone is 7. The van der Waals surface area contributed by atoms with Gasteiger partial charge in [-0.2, -0.15) is 12.6 Å². The van der Waals surface area contributed by atoms with Gasteiger partial charge in [-0.25, -0.2) is 0 Å². The van der Waals surface area contributed by atoms with Crippen LogP contribution in [0.15, 0.2) is 111 Å². The number of fused-ring (bicyclic) bond motifs is 4. The maximum absolute atomic E-state index is 4.26. The Bertz CT molecular complexity index is 2400. The van der Waals surface area contributed by atoms with E-state index in [1.54, 1.807) is 6.26 Å². The van der Waals surface area contributed by atoms with Crippen molar-refractivity contribution < 1.29 is 0 Å². The number of aromatic nitrogens is 3. The van der Waals surface area contributed by atoms with Gasteiger partial charge in [0, 0.05) is 49.9 Å². The standard InChI is InChI=1S/C46H45N3.5C2H6.CH4S/c1-10-18-32(14-5)47-44-26-23-33(48-41(15-6)35(19-11-2)36(20-12-3)42(48)16-7)29-39(44)40-30-34(24-27-45(40)47)49-43(17-8)37(21-13-4)38-25-22-31(9)28-46(38)49;6*1-2/h10-30H,6-8H2,1-5,9H3;5*1-2H3;2H,1H3/b18-10-,19-11-,20-12-,21-13-,32-14+;;;;;;. The highest BCUT2D eigenvalue weighted by molar-refractivity contribution is 7.79. The average molecular weight is 838 g/mol. The molecule has 0 saturated heterocycles. The predicted octanol–water partition coefficient (Wildman–Crippen LogP) is 19.0. The summed E-state index contributed by atoms with van der Waals surface area (Å²) in [6, 6.07) is 20.3. The van der Waals surface area contributed by atoms with Gasteiger partial charge in [0.2, 0.25) is 0 Å². The van der Waals surface area contributed by atoms with Crippen molar-refractivity contribution >= 4 is 87.5 Å². The predicted molar refractivity (Wildman–Crippen MR) is 291 cm³/mol. The first-order valence-corrected chi connectivity index (χ1v) is 23.3. The highest BCUT2D eigenvalue weighted by Crippen LogP contribution is 2.39. The molecule has 328 valence electrons. The van der Waals surface area contributed by atoms with E-state index in [9.17, 15) is 0 Å². The van der Waals surface area contributed by atoms with Crippen molar-refractivity contribution in [2.45, 2.75) is 111 Å². The Hall–Kier alpha value is -5.45. The summed E-state index contributed by atoms with van der Waals surface area (Å²) in [7, 11) is 0. The third-order valence-corrected chi connectivity index (χ3v) is 9.25. The number of benzene rings is 3. The van der Waals surface area contributed by atoms with Crippen molar-refractivity contribution in [3.8, 4) is 11.4 Å². The third kappa shape index (κ3) is 11.7. The molecule has 0 N–H and O–H groups in total. The zero-order valence-electron chi connectivity index (χ0n) is 41.0. The van der Waals surface area contributed by atoms with Gasteiger partial charge in [-0.1, -0.05) is 150 Å². The van der Waals surface area contributed by atoms with E-state index in [2.05, 4.69) is 183 Å². The number of nitrogens with zero attached hydrogens (tertiary/aromatic N) is 3. The first-order valence-electron chi connectivity index (χ1n) is 22.4. The summed E-state index contributed by atoms with van der Waals surface area (Å²) in [5.41, 5.74) is 14.5. The van der Waals surface area contributed by atoms with Crippen LogP contribution in [-0.2, 0) is 0 Å². The summed E-state index contributed by atoms with van der Waals surface area (Å²) in [4.78, 5) is 0. The molecule has 0 amide bonds. The normalized spacial score (nSPS) is 10.8. The molecule has 6 aromatic rings. The fourth-order valence-electron chi connectivity index (χ4n) is 7.30. The maximum Gasteiger partial charge on any atom is 0.0543 e. The molecular formula is C57H79N3S. The number of aryl methyl sites for hydroxylation is 1. The van der Waals surface area contributed by atoms with Crippen LogP contribution in [0, 0.1) is 6.92 Å². The van der Waals surface area contributed by atoms with Crippen molar-refractivity contribution in [3.05, 3.63) is 150 Å². The van der Waals surface area contributed by atoms with E-state index in [1.807, 2.05) is 101 Å². The Kier molecular flexibility index (Phi) is 27.1. The summed E-state index contributed by atoms with van der Waals surface area (Å²) in [6.45, 7) is 45.2. The zero-order valence-corrected chi connectivity index (χ0v) is 41.9. The van der Waals surface area contributed by atoms with Crippen molar-refractivity contribution in [2.75, 3.05) is 6.26 Å². The molecule has 0 aliphatic carbocycles. The lowest BCUT2D eigenvalue weighted by Crippen LogP contribution is -2.00. The van der Waals surface area contributed by atoms with Gasteiger partial charge in [0.15, 0.2) is 0 Å². The number of hydrogen-bond donors (Lipinski definition) is 1. The van der Waals surface area contributed by atoms with Crippen molar-refractivity contribution in [1.29, 1.82) is 0 Å².